The van der Waals surface area contributed by atoms with E-state index in [2.05, 4.69) is 23.5 Å². The first-order valence-corrected chi connectivity index (χ1v) is 8.69. The summed E-state index contributed by atoms with van der Waals surface area (Å²) < 4.78 is 27.3. The van der Waals surface area contributed by atoms with Gasteiger partial charge >= 0.3 is 0 Å². The van der Waals surface area contributed by atoms with Crippen molar-refractivity contribution in [1.29, 1.82) is 0 Å². The van der Waals surface area contributed by atoms with Crippen LogP contribution in [0.25, 0.3) is 0 Å². The first kappa shape index (κ1) is 16.0. The van der Waals surface area contributed by atoms with Crippen LogP contribution in [-0.2, 0) is 10.0 Å². The molecule has 0 saturated heterocycles. The zero-order chi connectivity index (χ0) is 15.3. The highest BCUT2D eigenvalue weighted by Gasteiger charge is 2.36. The van der Waals surface area contributed by atoms with Gasteiger partial charge in [0, 0.05) is 12.1 Å². The Morgan fingerprint density at radius 2 is 1.95 bits per heavy atom. The normalized spacial score (nSPS) is 16.7. The number of hydrogen-bond donors (Lipinski definition) is 2. The van der Waals surface area contributed by atoms with Gasteiger partial charge in [0.05, 0.1) is 4.90 Å². The Morgan fingerprint density at radius 3 is 2.43 bits per heavy atom. The van der Waals surface area contributed by atoms with Crippen LogP contribution < -0.4 is 4.72 Å². The lowest BCUT2D eigenvalue weighted by Gasteiger charge is -2.41. The summed E-state index contributed by atoms with van der Waals surface area (Å²) in [5, 5.41) is 8.63. The Kier molecular flexibility index (Phi) is 5.04. The molecule has 1 saturated carbocycles. The predicted octanol–water partition coefficient (Wildman–Crippen LogP) is 1.89. The van der Waals surface area contributed by atoms with Crippen molar-refractivity contribution in [3.05, 3.63) is 29.8 Å². The number of hydrogen-bond acceptors (Lipinski definition) is 3. The van der Waals surface area contributed by atoms with Crippen molar-refractivity contribution in [2.75, 3.05) is 13.2 Å². The summed E-state index contributed by atoms with van der Waals surface area (Å²) in [7, 11) is -3.46. The van der Waals surface area contributed by atoms with Gasteiger partial charge in [0.1, 0.15) is 6.61 Å². The van der Waals surface area contributed by atoms with Gasteiger partial charge in [-0.25, -0.2) is 13.1 Å². The maximum absolute atomic E-state index is 12.3. The molecule has 0 atom stereocenters. The van der Waals surface area contributed by atoms with Gasteiger partial charge in [-0.1, -0.05) is 25.2 Å². The summed E-state index contributed by atoms with van der Waals surface area (Å²) in [4.78, 5) is 0.252. The zero-order valence-electron chi connectivity index (χ0n) is 12.2. The number of nitrogens with one attached hydrogen (secondary N) is 1. The van der Waals surface area contributed by atoms with Gasteiger partial charge in [0.25, 0.3) is 0 Å². The van der Waals surface area contributed by atoms with Crippen LogP contribution in [0.1, 0.15) is 38.2 Å². The summed E-state index contributed by atoms with van der Waals surface area (Å²) in [5.74, 6) is 5.27. The third-order valence-electron chi connectivity index (χ3n) is 4.28. The van der Waals surface area contributed by atoms with E-state index in [1.54, 1.807) is 24.3 Å². The molecule has 4 nitrogen and oxygen atoms in total. The minimum absolute atomic E-state index is 0.152. The molecule has 0 unspecified atom stereocenters. The molecule has 0 aromatic heterocycles. The molecule has 0 spiro atoms. The largest absolute Gasteiger partial charge is 0.384 e. The number of aliphatic hydroxyl groups excluding tert-OH is 1. The molecule has 1 aliphatic rings. The number of benzene rings is 1. The Hall–Kier alpha value is -1.35. The Balaban J connectivity index is 2.05. The lowest BCUT2D eigenvalue weighted by atomic mass is 9.67. The molecule has 1 aromatic rings. The van der Waals surface area contributed by atoms with E-state index in [0.717, 1.165) is 19.3 Å². The molecule has 114 valence electrons. The van der Waals surface area contributed by atoms with E-state index >= 15 is 0 Å². The second-order valence-corrected chi connectivity index (χ2v) is 7.28. The highest BCUT2D eigenvalue weighted by molar-refractivity contribution is 7.89. The lowest BCUT2D eigenvalue weighted by Crippen LogP contribution is -2.41. The second-order valence-electron chi connectivity index (χ2n) is 5.52. The van der Waals surface area contributed by atoms with E-state index in [4.69, 9.17) is 5.11 Å². The topological polar surface area (TPSA) is 66.4 Å². The molecule has 2 N–H and O–H groups in total. The summed E-state index contributed by atoms with van der Waals surface area (Å²) in [6.07, 6.45) is 4.39. The lowest BCUT2D eigenvalue weighted by molar-refractivity contribution is 0.133. The highest BCUT2D eigenvalue weighted by atomic mass is 32.2. The van der Waals surface area contributed by atoms with Gasteiger partial charge in [-0.15, -0.1) is 0 Å². The van der Waals surface area contributed by atoms with Crippen LogP contribution in [0.5, 0.6) is 0 Å². The molecule has 0 aliphatic heterocycles. The van der Waals surface area contributed by atoms with E-state index < -0.39 is 10.0 Å². The molecule has 0 heterocycles. The van der Waals surface area contributed by atoms with E-state index in [1.165, 1.54) is 6.42 Å². The molecule has 21 heavy (non-hydrogen) atoms. The van der Waals surface area contributed by atoms with Crippen LogP contribution in [0.2, 0.25) is 0 Å². The van der Waals surface area contributed by atoms with Crippen LogP contribution in [-0.4, -0.2) is 26.7 Å². The van der Waals surface area contributed by atoms with E-state index in [9.17, 15) is 8.42 Å². The van der Waals surface area contributed by atoms with Crippen molar-refractivity contribution < 1.29 is 13.5 Å². The third kappa shape index (κ3) is 3.85. The Morgan fingerprint density at radius 1 is 1.29 bits per heavy atom. The van der Waals surface area contributed by atoms with Gasteiger partial charge in [-0.2, -0.15) is 0 Å². The zero-order valence-corrected chi connectivity index (χ0v) is 13.0. The maximum atomic E-state index is 12.3. The fraction of sp³-hybridized carbons (Fsp3) is 0.500. The van der Waals surface area contributed by atoms with Gasteiger partial charge in [-0.05, 0) is 48.9 Å². The standard InChI is InChI=1S/C16H21NO3S/c1-2-16(10-4-11-16)13-17-21(19,20)15-8-6-14(7-9-15)5-3-12-18/h6-9,17-18H,2,4,10-13H2,1H3. The summed E-state index contributed by atoms with van der Waals surface area (Å²) >= 11 is 0. The van der Waals surface area contributed by atoms with Gasteiger partial charge < -0.3 is 5.11 Å². The van der Waals surface area contributed by atoms with E-state index in [-0.39, 0.29) is 16.9 Å². The van der Waals surface area contributed by atoms with E-state index in [1.807, 2.05) is 0 Å². The van der Waals surface area contributed by atoms with Crippen LogP contribution in [0, 0.1) is 17.3 Å². The number of aliphatic hydroxyl groups is 1. The van der Waals surface area contributed by atoms with Gasteiger partial charge in [0.2, 0.25) is 10.0 Å². The molecular formula is C16H21NO3S. The van der Waals surface area contributed by atoms with Crippen molar-refractivity contribution in [1.82, 2.24) is 4.72 Å². The molecule has 0 amide bonds. The minimum Gasteiger partial charge on any atom is -0.384 e. The van der Waals surface area contributed by atoms with Crippen molar-refractivity contribution in [3.63, 3.8) is 0 Å². The molecule has 1 aliphatic carbocycles. The van der Waals surface area contributed by atoms with Crippen molar-refractivity contribution in [2.45, 2.75) is 37.5 Å². The van der Waals surface area contributed by atoms with Gasteiger partial charge in [-0.3, -0.25) is 0 Å². The van der Waals surface area contributed by atoms with Gasteiger partial charge in [0.15, 0.2) is 0 Å². The summed E-state index contributed by atoms with van der Waals surface area (Å²) in [5.41, 5.74) is 0.839. The number of rotatable bonds is 5. The SMILES string of the molecule is CCC1(CNS(=O)(=O)c2ccc(C#CCO)cc2)CCC1. The molecule has 0 radical (unpaired) electrons. The quantitative estimate of drug-likeness (QED) is 0.816. The fourth-order valence-corrected chi connectivity index (χ4v) is 3.68. The first-order valence-electron chi connectivity index (χ1n) is 7.21. The average molecular weight is 307 g/mol. The monoisotopic (exact) mass is 307 g/mol. The average Bonchev–Trinajstić information content (AvgIpc) is 2.45. The summed E-state index contributed by atoms with van der Waals surface area (Å²) in [6.45, 7) is 2.42. The van der Waals surface area contributed by atoms with E-state index in [0.29, 0.717) is 12.1 Å². The van der Waals surface area contributed by atoms with Crippen LogP contribution >= 0.6 is 0 Å². The Labute approximate surface area is 126 Å². The van der Waals surface area contributed by atoms with Crippen LogP contribution in [0.15, 0.2) is 29.2 Å². The predicted molar refractivity (Wildman–Crippen MR) is 82.2 cm³/mol. The van der Waals surface area contributed by atoms with Crippen molar-refractivity contribution in [3.8, 4) is 11.8 Å². The van der Waals surface area contributed by atoms with Crippen LogP contribution in [0.3, 0.4) is 0 Å². The number of sulfonamides is 1. The van der Waals surface area contributed by atoms with Crippen LogP contribution in [0.4, 0.5) is 0 Å². The fourth-order valence-electron chi connectivity index (χ4n) is 2.52. The molecule has 5 heteroatoms. The van der Waals surface area contributed by atoms with Crippen molar-refractivity contribution >= 4 is 10.0 Å². The highest BCUT2D eigenvalue weighted by Crippen LogP contribution is 2.43. The Bertz CT molecular complexity index is 629. The maximum Gasteiger partial charge on any atom is 0.240 e. The summed E-state index contributed by atoms with van der Waals surface area (Å²) in [6, 6.07) is 6.39. The van der Waals surface area contributed by atoms with Crippen molar-refractivity contribution in [2.24, 2.45) is 5.41 Å². The molecular weight excluding hydrogens is 286 g/mol. The molecule has 1 aromatic carbocycles. The minimum atomic E-state index is -3.46. The molecule has 1 fully saturated rings. The molecule has 2 rings (SSSR count). The first-order chi connectivity index (χ1) is 10.0. The smallest absolute Gasteiger partial charge is 0.240 e. The molecule has 0 bridgehead atoms. The third-order valence-corrected chi connectivity index (χ3v) is 5.69. The second kappa shape index (κ2) is 6.61.